The summed E-state index contributed by atoms with van der Waals surface area (Å²) >= 11 is 0. The molecular formula is C14H14F3N3O. The lowest BCUT2D eigenvalue weighted by molar-refractivity contribution is -0.143. The third kappa shape index (κ3) is 3.24. The Kier molecular flexibility index (Phi) is 4.30. The number of hydrogen-bond acceptors (Lipinski definition) is 2. The van der Waals surface area contributed by atoms with Gasteiger partial charge in [0.25, 0.3) is 5.91 Å². The third-order valence-electron chi connectivity index (χ3n) is 2.82. The number of rotatable bonds is 4. The van der Waals surface area contributed by atoms with Crippen LogP contribution in [-0.4, -0.2) is 22.2 Å². The number of benzene rings is 1. The predicted molar refractivity (Wildman–Crippen MR) is 71.2 cm³/mol. The summed E-state index contributed by atoms with van der Waals surface area (Å²) in [6.45, 7) is 2.13. The summed E-state index contributed by atoms with van der Waals surface area (Å²) in [5, 5.41) is 6.15. The molecule has 0 spiro atoms. The van der Waals surface area contributed by atoms with Crippen molar-refractivity contribution in [1.29, 1.82) is 0 Å². The highest BCUT2D eigenvalue weighted by molar-refractivity contribution is 5.95. The van der Waals surface area contributed by atoms with Crippen LogP contribution >= 0.6 is 0 Å². The predicted octanol–water partition coefficient (Wildman–Crippen LogP) is 3.03. The van der Waals surface area contributed by atoms with Crippen molar-refractivity contribution in [2.24, 2.45) is 0 Å². The number of para-hydroxylation sites is 1. The molecule has 112 valence electrons. The minimum atomic E-state index is -4.68. The number of amides is 1. The first-order valence-electron chi connectivity index (χ1n) is 6.44. The van der Waals surface area contributed by atoms with Crippen molar-refractivity contribution in [3.63, 3.8) is 0 Å². The molecule has 4 nitrogen and oxygen atoms in total. The van der Waals surface area contributed by atoms with E-state index in [1.54, 1.807) is 18.2 Å². The number of alkyl halides is 3. The molecule has 0 fully saturated rings. The number of nitrogens with zero attached hydrogens (tertiary/aromatic N) is 2. The molecule has 0 bridgehead atoms. The molecule has 1 aromatic heterocycles. The summed E-state index contributed by atoms with van der Waals surface area (Å²) in [7, 11) is 0. The fraction of sp³-hybridized carbons (Fsp3) is 0.286. The highest BCUT2D eigenvalue weighted by Gasteiger charge is 2.40. The van der Waals surface area contributed by atoms with Crippen molar-refractivity contribution in [2.45, 2.75) is 19.5 Å². The molecule has 0 saturated heterocycles. The van der Waals surface area contributed by atoms with Crippen LogP contribution in [0.1, 0.15) is 29.4 Å². The van der Waals surface area contributed by atoms with Gasteiger partial charge in [0.1, 0.15) is 0 Å². The Morgan fingerprint density at radius 1 is 1.29 bits per heavy atom. The summed E-state index contributed by atoms with van der Waals surface area (Å²) in [5.41, 5.74) is -1.29. The van der Waals surface area contributed by atoms with Crippen molar-refractivity contribution in [1.82, 2.24) is 15.1 Å². The second-order valence-corrected chi connectivity index (χ2v) is 4.41. The Morgan fingerprint density at radius 2 is 1.95 bits per heavy atom. The first kappa shape index (κ1) is 15.1. The van der Waals surface area contributed by atoms with Crippen LogP contribution < -0.4 is 5.32 Å². The molecule has 2 aromatic rings. The minimum Gasteiger partial charge on any atom is -0.352 e. The Hall–Kier alpha value is -2.31. The van der Waals surface area contributed by atoms with E-state index in [1.165, 1.54) is 12.1 Å². The maximum Gasteiger partial charge on any atom is 0.434 e. The van der Waals surface area contributed by atoms with Gasteiger partial charge < -0.3 is 5.32 Å². The Balaban J connectivity index is 2.49. The smallest absolute Gasteiger partial charge is 0.352 e. The molecule has 7 heteroatoms. The summed E-state index contributed by atoms with van der Waals surface area (Å²) in [6.07, 6.45) is -3.09. The van der Waals surface area contributed by atoms with Gasteiger partial charge in [-0.25, -0.2) is 4.68 Å². The second kappa shape index (κ2) is 5.99. The van der Waals surface area contributed by atoms with E-state index in [4.69, 9.17) is 0 Å². The van der Waals surface area contributed by atoms with E-state index in [-0.39, 0.29) is 5.69 Å². The minimum absolute atomic E-state index is 0.249. The average Bonchev–Trinajstić information content (AvgIpc) is 2.90. The van der Waals surface area contributed by atoms with E-state index in [9.17, 15) is 18.0 Å². The van der Waals surface area contributed by atoms with Crippen LogP contribution in [0.4, 0.5) is 13.2 Å². The van der Waals surface area contributed by atoms with Crippen LogP contribution in [-0.2, 0) is 6.18 Å². The van der Waals surface area contributed by atoms with Crippen molar-refractivity contribution >= 4 is 5.91 Å². The molecule has 0 atom stereocenters. The van der Waals surface area contributed by atoms with Crippen LogP contribution in [0.2, 0.25) is 0 Å². The highest BCUT2D eigenvalue weighted by Crippen LogP contribution is 2.33. The first-order valence-corrected chi connectivity index (χ1v) is 6.44. The van der Waals surface area contributed by atoms with E-state index < -0.39 is 23.3 Å². The lowest BCUT2D eigenvalue weighted by Gasteiger charge is -2.12. The normalized spacial score (nSPS) is 11.4. The Morgan fingerprint density at radius 3 is 2.52 bits per heavy atom. The summed E-state index contributed by atoms with van der Waals surface area (Å²) < 4.78 is 40.5. The maximum absolute atomic E-state index is 13.3. The zero-order chi connectivity index (χ0) is 15.5. The SMILES string of the molecule is CCCNC(=O)c1cnn(-c2ccccc2)c1C(F)(F)F. The quantitative estimate of drug-likeness (QED) is 0.943. The van der Waals surface area contributed by atoms with E-state index in [1.807, 2.05) is 6.92 Å². The van der Waals surface area contributed by atoms with Gasteiger partial charge in [0.2, 0.25) is 0 Å². The number of halogens is 3. The zero-order valence-corrected chi connectivity index (χ0v) is 11.3. The first-order chi connectivity index (χ1) is 9.95. The number of carbonyl (C=O) groups is 1. The van der Waals surface area contributed by atoms with Crippen LogP contribution in [0.15, 0.2) is 36.5 Å². The van der Waals surface area contributed by atoms with Crippen molar-refractivity contribution in [2.75, 3.05) is 6.54 Å². The van der Waals surface area contributed by atoms with Crippen molar-refractivity contribution in [3.8, 4) is 5.69 Å². The second-order valence-electron chi connectivity index (χ2n) is 4.41. The monoisotopic (exact) mass is 297 g/mol. The van der Waals surface area contributed by atoms with Crippen molar-refractivity contribution < 1.29 is 18.0 Å². The van der Waals surface area contributed by atoms with Gasteiger partial charge in [0.05, 0.1) is 17.4 Å². The standard InChI is InChI=1S/C14H14F3N3O/c1-2-8-18-13(21)11-9-19-20(12(11)14(15,16)17)10-6-4-3-5-7-10/h3-7,9H,2,8H2,1H3,(H,18,21). The Bertz CT molecular complexity index is 620. The molecular weight excluding hydrogens is 283 g/mol. The van der Waals surface area contributed by atoms with Gasteiger partial charge in [0.15, 0.2) is 5.69 Å². The summed E-state index contributed by atoms with van der Waals surface area (Å²) in [4.78, 5) is 11.9. The van der Waals surface area contributed by atoms with Crippen LogP contribution in [0.5, 0.6) is 0 Å². The van der Waals surface area contributed by atoms with Crippen LogP contribution in [0, 0.1) is 0 Å². The maximum atomic E-state index is 13.3. The topological polar surface area (TPSA) is 46.9 Å². The van der Waals surface area contributed by atoms with Gasteiger partial charge in [0, 0.05) is 6.54 Å². The highest BCUT2D eigenvalue weighted by atomic mass is 19.4. The van der Waals surface area contributed by atoms with Gasteiger partial charge >= 0.3 is 6.18 Å². The Labute approximate surface area is 119 Å². The van der Waals surface area contributed by atoms with Gasteiger partial charge in [-0.3, -0.25) is 4.79 Å². The fourth-order valence-electron chi connectivity index (χ4n) is 1.89. The van der Waals surface area contributed by atoms with Gasteiger partial charge in [-0.1, -0.05) is 25.1 Å². The molecule has 0 aliphatic carbocycles. The lowest BCUT2D eigenvalue weighted by atomic mass is 10.2. The number of carbonyl (C=O) groups excluding carboxylic acids is 1. The van der Waals surface area contributed by atoms with Crippen LogP contribution in [0.25, 0.3) is 5.69 Å². The number of nitrogens with one attached hydrogen (secondary N) is 1. The summed E-state index contributed by atoms with van der Waals surface area (Å²) in [6, 6.07) is 7.89. The fourth-order valence-corrected chi connectivity index (χ4v) is 1.89. The van der Waals surface area contributed by atoms with Gasteiger partial charge in [-0.15, -0.1) is 0 Å². The van der Waals surface area contributed by atoms with E-state index in [0.29, 0.717) is 13.0 Å². The molecule has 1 aromatic carbocycles. The molecule has 2 rings (SSSR count). The molecule has 0 unspecified atom stereocenters. The number of aromatic nitrogens is 2. The molecule has 0 aliphatic rings. The molecule has 0 aliphatic heterocycles. The molecule has 0 radical (unpaired) electrons. The van der Waals surface area contributed by atoms with Gasteiger partial charge in [-0.05, 0) is 18.6 Å². The van der Waals surface area contributed by atoms with Gasteiger partial charge in [-0.2, -0.15) is 18.3 Å². The molecule has 1 N–H and O–H groups in total. The average molecular weight is 297 g/mol. The van der Waals surface area contributed by atoms with E-state index >= 15 is 0 Å². The largest absolute Gasteiger partial charge is 0.434 e. The number of hydrogen-bond donors (Lipinski definition) is 1. The van der Waals surface area contributed by atoms with E-state index in [2.05, 4.69) is 10.4 Å². The molecule has 1 heterocycles. The summed E-state index contributed by atoms with van der Waals surface area (Å²) in [5.74, 6) is -0.772. The molecule has 0 saturated carbocycles. The third-order valence-corrected chi connectivity index (χ3v) is 2.82. The zero-order valence-electron chi connectivity index (χ0n) is 11.3. The lowest BCUT2D eigenvalue weighted by Crippen LogP contribution is -2.27. The van der Waals surface area contributed by atoms with Crippen LogP contribution in [0.3, 0.4) is 0 Å². The molecule has 21 heavy (non-hydrogen) atoms. The van der Waals surface area contributed by atoms with E-state index in [0.717, 1.165) is 10.9 Å². The van der Waals surface area contributed by atoms with Crippen molar-refractivity contribution in [3.05, 3.63) is 47.8 Å². The molecule has 1 amide bonds.